The molecule has 2 aromatic rings. The van der Waals surface area contributed by atoms with Crippen molar-refractivity contribution in [1.82, 2.24) is 14.8 Å². The van der Waals surface area contributed by atoms with Gasteiger partial charge in [-0.3, -0.25) is 9.36 Å². The van der Waals surface area contributed by atoms with Gasteiger partial charge in [-0.1, -0.05) is 17.8 Å². The Kier molecular flexibility index (Phi) is 3.38. The molecule has 0 amide bonds. The average Bonchev–Trinajstić information content (AvgIpc) is 2.74. The monoisotopic (exact) mass is 253 g/mol. The van der Waals surface area contributed by atoms with E-state index in [9.17, 15) is 9.18 Å². The SMILES string of the molecule is O=C(O)CSc1nncn1-c1cccc(F)c1. The molecule has 0 spiro atoms. The van der Waals surface area contributed by atoms with Crippen LogP contribution < -0.4 is 0 Å². The second kappa shape index (κ2) is 4.96. The van der Waals surface area contributed by atoms with Crippen molar-refractivity contribution >= 4 is 17.7 Å². The Morgan fingerprint density at radius 3 is 3.06 bits per heavy atom. The number of halogens is 1. The summed E-state index contributed by atoms with van der Waals surface area (Å²) in [6, 6.07) is 5.92. The van der Waals surface area contributed by atoms with Crippen molar-refractivity contribution in [2.45, 2.75) is 5.16 Å². The molecule has 1 N–H and O–H groups in total. The molecule has 0 unspecified atom stereocenters. The van der Waals surface area contributed by atoms with E-state index in [1.807, 2.05) is 0 Å². The molecule has 2 rings (SSSR count). The molecule has 1 aromatic heterocycles. The minimum atomic E-state index is -0.941. The summed E-state index contributed by atoms with van der Waals surface area (Å²) in [6.07, 6.45) is 1.42. The Bertz CT molecular complexity index is 544. The van der Waals surface area contributed by atoms with Gasteiger partial charge in [-0.05, 0) is 18.2 Å². The lowest BCUT2D eigenvalue weighted by Gasteiger charge is -2.04. The lowest BCUT2D eigenvalue weighted by Crippen LogP contribution is -2.01. The third-order valence-corrected chi connectivity index (χ3v) is 2.86. The molecule has 5 nitrogen and oxygen atoms in total. The second-order valence-electron chi connectivity index (χ2n) is 3.15. The highest BCUT2D eigenvalue weighted by Crippen LogP contribution is 2.19. The van der Waals surface area contributed by atoms with Crippen LogP contribution >= 0.6 is 11.8 Å². The Labute approximate surface area is 100 Å². The molecule has 0 atom stereocenters. The maximum atomic E-state index is 13.0. The summed E-state index contributed by atoms with van der Waals surface area (Å²) in [4.78, 5) is 10.5. The first-order chi connectivity index (χ1) is 8.16. The van der Waals surface area contributed by atoms with E-state index in [4.69, 9.17) is 5.11 Å². The van der Waals surface area contributed by atoms with Crippen LogP contribution in [-0.4, -0.2) is 31.6 Å². The Morgan fingerprint density at radius 2 is 2.35 bits per heavy atom. The van der Waals surface area contributed by atoms with Gasteiger partial charge in [0.05, 0.1) is 11.4 Å². The smallest absolute Gasteiger partial charge is 0.313 e. The number of hydrogen-bond donors (Lipinski definition) is 1. The largest absolute Gasteiger partial charge is 0.481 e. The zero-order valence-electron chi connectivity index (χ0n) is 8.58. The molecule has 0 saturated heterocycles. The fraction of sp³-hybridized carbons (Fsp3) is 0.100. The van der Waals surface area contributed by atoms with E-state index in [1.165, 1.54) is 23.0 Å². The molecular formula is C10H8FN3O2S. The number of thioether (sulfide) groups is 1. The van der Waals surface area contributed by atoms with Gasteiger partial charge in [0, 0.05) is 0 Å². The summed E-state index contributed by atoms with van der Waals surface area (Å²) in [5.41, 5.74) is 0.558. The van der Waals surface area contributed by atoms with E-state index in [2.05, 4.69) is 10.2 Å². The van der Waals surface area contributed by atoms with Gasteiger partial charge in [0.2, 0.25) is 0 Å². The van der Waals surface area contributed by atoms with E-state index in [0.29, 0.717) is 10.8 Å². The fourth-order valence-electron chi connectivity index (χ4n) is 1.25. The van der Waals surface area contributed by atoms with Crippen molar-refractivity contribution in [2.24, 2.45) is 0 Å². The van der Waals surface area contributed by atoms with Gasteiger partial charge >= 0.3 is 5.97 Å². The van der Waals surface area contributed by atoms with E-state index < -0.39 is 5.97 Å². The van der Waals surface area contributed by atoms with Crippen LogP contribution in [0.3, 0.4) is 0 Å². The number of carbonyl (C=O) groups is 1. The minimum Gasteiger partial charge on any atom is -0.481 e. The zero-order chi connectivity index (χ0) is 12.3. The third-order valence-electron chi connectivity index (χ3n) is 1.93. The number of nitrogens with zero attached hydrogens (tertiary/aromatic N) is 3. The van der Waals surface area contributed by atoms with Crippen LogP contribution in [0.1, 0.15) is 0 Å². The summed E-state index contributed by atoms with van der Waals surface area (Å²) >= 11 is 1.03. The molecule has 0 radical (unpaired) electrons. The molecule has 17 heavy (non-hydrogen) atoms. The van der Waals surface area contributed by atoms with Crippen LogP contribution in [0.15, 0.2) is 35.7 Å². The van der Waals surface area contributed by atoms with Crippen LogP contribution in [0.2, 0.25) is 0 Å². The molecule has 0 aliphatic carbocycles. The Balaban J connectivity index is 2.27. The molecule has 1 heterocycles. The van der Waals surface area contributed by atoms with E-state index in [0.717, 1.165) is 11.8 Å². The first-order valence-electron chi connectivity index (χ1n) is 4.67. The highest BCUT2D eigenvalue weighted by molar-refractivity contribution is 7.99. The fourth-order valence-corrected chi connectivity index (χ4v) is 1.90. The molecule has 0 saturated carbocycles. The highest BCUT2D eigenvalue weighted by Gasteiger charge is 2.09. The van der Waals surface area contributed by atoms with Crippen molar-refractivity contribution in [3.63, 3.8) is 0 Å². The number of aliphatic carboxylic acids is 1. The summed E-state index contributed by atoms with van der Waals surface area (Å²) in [7, 11) is 0. The van der Waals surface area contributed by atoms with Gasteiger partial charge in [0.25, 0.3) is 0 Å². The topological polar surface area (TPSA) is 68.0 Å². The quantitative estimate of drug-likeness (QED) is 0.838. The number of aromatic nitrogens is 3. The normalized spacial score (nSPS) is 10.4. The standard InChI is InChI=1S/C10H8FN3O2S/c11-7-2-1-3-8(4-7)14-6-12-13-10(14)17-5-9(15)16/h1-4,6H,5H2,(H,15,16). The van der Waals surface area contributed by atoms with Crippen molar-refractivity contribution in [1.29, 1.82) is 0 Å². The van der Waals surface area contributed by atoms with Gasteiger partial charge in [-0.25, -0.2) is 4.39 Å². The molecule has 1 aromatic carbocycles. The lowest BCUT2D eigenvalue weighted by atomic mass is 10.3. The van der Waals surface area contributed by atoms with E-state index in [-0.39, 0.29) is 11.6 Å². The zero-order valence-corrected chi connectivity index (χ0v) is 9.39. The summed E-state index contributed by atoms with van der Waals surface area (Å²) in [5.74, 6) is -1.43. The lowest BCUT2D eigenvalue weighted by molar-refractivity contribution is -0.133. The summed E-state index contributed by atoms with van der Waals surface area (Å²) in [6.45, 7) is 0. The van der Waals surface area contributed by atoms with Crippen molar-refractivity contribution in [2.75, 3.05) is 5.75 Å². The Morgan fingerprint density at radius 1 is 1.53 bits per heavy atom. The molecule has 0 fully saturated rings. The first kappa shape index (κ1) is 11.6. The predicted molar refractivity (Wildman–Crippen MR) is 59.7 cm³/mol. The maximum Gasteiger partial charge on any atom is 0.313 e. The number of carboxylic acid groups (broad SMARTS) is 1. The van der Waals surface area contributed by atoms with Gasteiger partial charge in [0.1, 0.15) is 12.1 Å². The van der Waals surface area contributed by atoms with Crippen molar-refractivity contribution < 1.29 is 14.3 Å². The van der Waals surface area contributed by atoms with Gasteiger partial charge in [-0.2, -0.15) is 0 Å². The van der Waals surface area contributed by atoms with Crippen LogP contribution in [0.25, 0.3) is 5.69 Å². The molecule has 0 aliphatic rings. The Hall–Kier alpha value is -1.89. The predicted octanol–water partition coefficient (Wildman–Crippen LogP) is 1.58. The van der Waals surface area contributed by atoms with Crippen LogP contribution in [0, 0.1) is 5.82 Å². The third kappa shape index (κ3) is 2.82. The molecule has 0 aliphatic heterocycles. The highest BCUT2D eigenvalue weighted by atomic mass is 32.2. The number of benzene rings is 1. The molecule has 0 bridgehead atoms. The van der Waals surface area contributed by atoms with Crippen molar-refractivity contribution in [3.05, 3.63) is 36.4 Å². The van der Waals surface area contributed by atoms with Gasteiger partial charge < -0.3 is 5.11 Å². The average molecular weight is 253 g/mol. The van der Waals surface area contributed by atoms with Crippen molar-refractivity contribution in [3.8, 4) is 5.69 Å². The molecule has 7 heteroatoms. The van der Waals surface area contributed by atoms with Gasteiger partial charge in [-0.15, -0.1) is 10.2 Å². The van der Waals surface area contributed by atoms with Gasteiger partial charge in [0.15, 0.2) is 5.16 Å². The van der Waals surface area contributed by atoms with Crippen LogP contribution in [0.4, 0.5) is 4.39 Å². The second-order valence-corrected chi connectivity index (χ2v) is 4.09. The first-order valence-corrected chi connectivity index (χ1v) is 5.66. The molecule has 88 valence electrons. The number of hydrogen-bond acceptors (Lipinski definition) is 4. The number of rotatable bonds is 4. The molecular weight excluding hydrogens is 245 g/mol. The van der Waals surface area contributed by atoms with E-state index in [1.54, 1.807) is 12.1 Å². The number of carboxylic acids is 1. The van der Waals surface area contributed by atoms with Crippen LogP contribution in [0.5, 0.6) is 0 Å². The van der Waals surface area contributed by atoms with Crippen LogP contribution in [-0.2, 0) is 4.79 Å². The maximum absolute atomic E-state index is 13.0. The summed E-state index contributed by atoms with van der Waals surface area (Å²) < 4.78 is 14.6. The van der Waals surface area contributed by atoms with E-state index >= 15 is 0 Å². The summed E-state index contributed by atoms with van der Waals surface area (Å²) in [5, 5.41) is 16.5. The minimum absolute atomic E-state index is 0.117.